The Hall–Kier alpha value is -1.91. The minimum absolute atomic E-state index is 0.0525. The Morgan fingerprint density at radius 1 is 1.16 bits per heavy atom. The van der Waals surface area contributed by atoms with Crippen LogP contribution in [-0.4, -0.2) is 44.3 Å². The van der Waals surface area contributed by atoms with Crippen LogP contribution in [0.5, 0.6) is 11.5 Å². The molecule has 0 bridgehead atoms. The van der Waals surface area contributed by atoms with Gasteiger partial charge >= 0.3 is 6.03 Å². The van der Waals surface area contributed by atoms with Crippen LogP contribution < -0.4 is 14.8 Å². The van der Waals surface area contributed by atoms with Gasteiger partial charge in [-0.1, -0.05) is 0 Å². The zero-order valence-corrected chi connectivity index (χ0v) is 11.8. The van der Waals surface area contributed by atoms with Gasteiger partial charge in [0, 0.05) is 13.1 Å². The molecule has 19 heavy (non-hydrogen) atoms. The van der Waals surface area contributed by atoms with E-state index >= 15 is 0 Å². The molecule has 0 aromatic heterocycles. The molecule has 5 heteroatoms. The van der Waals surface area contributed by atoms with Crippen molar-refractivity contribution in [2.45, 2.75) is 13.8 Å². The summed E-state index contributed by atoms with van der Waals surface area (Å²) < 4.78 is 10.6. The van der Waals surface area contributed by atoms with Gasteiger partial charge in [0.1, 0.15) is 18.1 Å². The van der Waals surface area contributed by atoms with Crippen molar-refractivity contribution in [2.75, 3.05) is 33.4 Å². The number of hydrogen-bond donors (Lipinski definition) is 1. The monoisotopic (exact) mass is 266 g/mol. The lowest BCUT2D eigenvalue weighted by molar-refractivity contribution is 0.200. The smallest absolute Gasteiger partial charge is 0.317 e. The van der Waals surface area contributed by atoms with E-state index in [-0.39, 0.29) is 6.03 Å². The molecule has 0 spiro atoms. The number of methoxy groups -OCH3 is 1. The Morgan fingerprint density at radius 2 is 1.74 bits per heavy atom. The molecule has 0 radical (unpaired) electrons. The Balaban J connectivity index is 2.24. The van der Waals surface area contributed by atoms with Crippen molar-refractivity contribution in [1.29, 1.82) is 0 Å². The van der Waals surface area contributed by atoms with E-state index in [1.807, 2.05) is 38.1 Å². The van der Waals surface area contributed by atoms with E-state index in [4.69, 9.17) is 9.47 Å². The summed E-state index contributed by atoms with van der Waals surface area (Å²) in [5.41, 5.74) is 0. The van der Waals surface area contributed by atoms with E-state index in [0.717, 1.165) is 11.5 Å². The van der Waals surface area contributed by atoms with Crippen LogP contribution >= 0.6 is 0 Å². The highest BCUT2D eigenvalue weighted by molar-refractivity contribution is 5.73. The number of carbonyl (C=O) groups excluding carboxylic acids is 1. The summed E-state index contributed by atoms with van der Waals surface area (Å²) in [4.78, 5) is 13.4. The van der Waals surface area contributed by atoms with E-state index in [2.05, 4.69) is 5.32 Å². The molecule has 0 unspecified atom stereocenters. The Bertz CT molecular complexity index is 375. The zero-order chi connectivity index (χ0) is 14.1. The second kappa shape index (κ2) is 8.24. The van der Waals surface area contributed by atoms with E-state index in [1.165, 1.54) is 0 Å². The number of carbonyl (C=O) groups is 1. The van der Waals surface area contributed by atoms with Crippen LogP contribution in [0.4, 0.5) is 4.79 Å². The maximum atomic E-state index is 11.6. The van der Waals surface area contributed by atoms with Crippen molar-refractivity contribution >= 4 is 6.03 Å². The average molecular weight is 266 g/mol. The molecule has 0 atom stereocenters. The first-order valence-electron chi connectivity index (χ1n) is 6.50. The third-order valence-corrected chi connectivity index (χ3v) is 2.76. The van der Waals surface area contributed by atoms with Gasteiger partial charge < -0.3 is 19.7 Å². The van der Waals surface area contributed by atoms with E-state index < -0.39 is 0 Å². The van der Waals surface area contributed by atoms with Gasteiger partial charge in [-0.3, -0.25) is 0 Å². The van der Waals surface area contributed by atoms with Crippen molar-refractivity contribution < 1.29 is 14.3 Å². The molecule has 0 aliphatic rings. The average Bonchev–Trinajstić information content (AvgIpc) is 2.45. The quantitative estimate of drug-likeness (QED) is 0.769. The van der Waals surface area contributed by atoms with Crippen LogP contribution in [-0.2, 0) is 0 Å². The fourth-order valence-corrected chi connectivity index (χ4v) is 1.62. The molecule has 2 amide bonds. The largest absolute Gasteiger partial charge is 0.497 e. The van der Waals surface area contributed by atoms with Gasteiger partial charge in [0.15, 0.2) is 0 Å². The minimum atomic E-state index is -0.0525. The highest BCUT2D eigenvalue weighted by Crippen LogP contribution is 2.16. The number of nitrogens with zero attached hydrogens (tertiary/aromatic N) is 1. The number of urea groups is 1. The van der Waals surface area contributed by atoms with Crippen LogP contribution in [0.15, 0.2) is 24.3 Å². The highest BCUT2D eigenvalue weighted by Gasteiger charge is 2.07. The predicted octanol–water partition coefficient (Wildman–Crippen LogP) is 2.13. The van der Waals surface area contributed by atoms with Gasteiger partial charge in [0.05, 0.1) is 13.7 Å². The number of hydrogen-bond acceptors (Lipinski definition) is 3. The molecule has 1 aromatic rings. The molecule has 1 aromatic carbocycles. The summed E-state index contributed by atoms with van der Waals surface area (Å²) in [6.45, 7) is 6.26. The molecule has 0 aliphatic carbocycles. The Morgan fingerprint density at radius 3 is 2.26 bits per heavy atom. The zero-order valence-electron chi connectivity index (χ0n) is 11.8. The first kappa shape index (κ1) is 15.1. The van der Waals surface area contributed by atoms with Crippen molar-refractivity contribution in [3.05, 3.63) is 24.3 Å². The van der Waals surface area contributed by atoms with Crippen LogP contribution in [0, 0.1) is 0 Å². The molecular formula is C14H22N2O3. The molecule has 1 rings (SSSR count). The molecule has 106 valence electrons. The lowest BCUT2D eigenvalue weighted by Gasteiger charge is -2.19. The second-order valence-electron chi connectivity index (χ2n) is 3.93. The van der Waals surface area contributed by atoms with Gasteiger partial charge in [-0.15, -0.1) is 0 Å². The number of nitrogens with one attached hydrogen (secondary N) is 1. The van der Waals surface area contributed by atoms with Crippen molar-refractivity contribution in [3.63, 3.8) is 0 Å². The summed E-state index contributed by atoms with van der Waals surface area (Å²) in [6.07, 6.45) is 0. The lowest BCUT2D eigenvalue weighted by Crippen LogP contribution is -2.41. The summed E-state index contributed by atoms with van der Waals surface area (Å²) in [5.74, 6) is 1.56. The number of ether oxygens (including phenoxy) is 2. The first-order valence-corrected chi connectivity index (χ1v) is 6.50. The van der Waals surface area contributed by atoms with Gasteiger partial charge in [0.2, 0.25) is 0 Å². The van der Waals surface area contributed by atoms with Crippen LogP contribution in [0.25, 0.3) is 0 Å². The van der Waals surface area contributed by atoms with Crippen LogP contribution in [0.1, 0.15) is 13.8 Å². The van der Waals surface area contributed by atoms with Gasteiger partial charge in [-0.25, -0.2) is 4.79 Å². The minimum Gasteiger partial charge on any atom is -0.497 e. The molecule has 1 N–H and O–H groups in total. The molecule has 0 fully saturated rings. The summed E-state index contributed by atoms with van der Waals surface area (Å²) in [6, 6.07) is 7.30. The molecule has 0 saturated carbocycles. The third-order valence-electron chi connectivity index (χ3n) is 2.76. The predicted molar refractivity (Wildman–Crippen MR) is 74.8 cm³/mol. The summed E-state index contributed by atoms with van der Waals surface area (Å²) in [5, 5.41) is 2.81. The van der Waals surface area contributed by atoms with Crippen molar-refractivity contribution in [1.82, 2.24) is 10.2 Å². The summed E-state index contributed by atoms with van der Waals surface area (Å²) >= 11 is 0. The summed E-state index contributed by atoms with van der Waals surface area (Å²) in [7, 11) is 1.62. The Kier molecular flexibility index (Phi) is 6.57. The van der Waals surface area contributed by atoms with Crippen LogP contribution in [0.3, 0.4) is 0 Å². The Labute approximate surface area is 114 Å². The lowest BCUT2D eigenvalue weighted by atomic mass is 10.3. The maximum Gasteiger partial charge on any atom is 0.317 e. The first-order chi connectivity index (χ1) is 9.21. The topological polar surface area (TPSA) is 50.8 Å². The van der Waals surface area contributed by atoms with E-state index in [1.54, 1.807) is 12.0 Å². The van der Waals surface area contributed by atoms with Crippen molar-refractivity contribution in [3.8, 4) is 11.5 Å². The maximum absolute atomic E-state index is 11.6. The van der Waals surface area contributed by atoms with E-state index in [9.17, 15) is 4.79 Å². The van der Waals surface area contributed by atoms with E-state index in [0.29, 0.717) is 26.2 Å². The fourth-order valence-electron chi connectivity index (χ4n) is 1.62. The number of rotatable bonds is 7. The fraction of sp³-hybridized carbons (Fsp3) is 0.500. The normalized spacial score (nSPS) is 9.84. The highest BCUT2D eigenvalue weighted by atomic mass is 16.5. The van der Waals surface area contributed by atoms with Gasteiger partial charge in [-0.2, -0.15) is 0 Å². The third kappa shape index (κ3) is 5.07. The molecule has 5 nitrogen and oxygen atoms in total. The SMILES string of the molecule is CCN(CC)C(=O)NCCOc1ccc(OC)cc1. The van der Waals surface area contributed by atoms with Gasteiger partial charge in [0.25, 0.3) is 0 Å². The second-order valence-corrected chi connectivity index (χ2v) is 3.93. The van der Waals surface area contributed by atoms with Crippen molar-refractivity contribution in [2.24, 2.45) is 0 Å². The molecule has 0 heterocycles. The number of benzene rings is 1. The molecular weight excluding hydrogens is 244 g/mol. The standard InChI is InChI=1S/C14H22N2O3/c1-4-16(5-2)14(17)15-10-11-19-13-8-6-12(18-3)7-9-13/h6-9H,4-5,10-11H2,1-3H3,(H,15,17). The van der Waals surface area contributed by atoms with Gasteiger partial charge in [-0.05, 0) is 38.1 Å². The van der Waals surface area contributed by atoms with Crippen LogP contribution in [0.2, 0.25) is 0 Å². The molecule has 0 aliphatic heterocycles. The molecule has 0 saturated heterocycles. The number of amides is 2.